The Morgan fingerprint density at radius 2 is 1.50 bits per heavy atom. The molecule has 0 unspecified atom stereocenters. The molecule has 1 aromatic heterocycles. The van der Waals surface area contributed by atoms with Crippen molar-refractivity contribution >= 4 is 9.84 Å². The summed E-state index contributed by atoms with van der Waals surface area (Å²) in [5.74, 6) is 0. The lowest BCUT2D eigenvalue weighted by Crippen LogP contribution is -2.24. The van der Waals surface area contributed by atoms with Crippen LogP contribution in [0.3, 0.4) is 0 Å². The highest BCUT2D eigenvalue weighted by atomic mass is 32.2. The van der Waals surface area contributed by atoms with Crippen molar-refractivity contribution in [3.05, 3.63) is 60.3 Å². The second-order valence-electron chi connectivity index (χ2n) is 7.63. The first-order valence-electron chi connectivity index (χ1n) is 8.54. The maximum atomic E-state index is 11.8. The van der Waals surface area contributed by atoms with Crippen LogP contribution < -0.4 is 0 Å². The Kier molecular flexibility index (Phi) is 4.53. The predicted octanol–water partition coefficient (Wildman–Crippen LogP) is 4.68. The molecular formula is C21H24N2O2S. The SMILES string of the molecule is Cc1cc(-c2ccc(-c3cccc(S(C)(=O)=O)c3)cc2)n(C(C)(C)C)n1. The number of hydrogen-bond acceptors (Lipinski definition) is 3. The average Bonchev–Trinajstić information content (AvgIpc) is 2.97. The van der Waals surface area contributed by atoms with E-state index in [0.717, 1.165) is 28.1 Å². The van der Waals surface area contributed by atoms with Gasteiger partial charge in [-0.3, -0.25) is 4.68 Å². The molecule has 0 saturated carbocycles. The lowest BCUT2D eigenvalue weighted by atomic mass is 10.0. The number of aryl methyl sites for hydroxylation is 1. The third-order valence-corrected chi connectivity index (χ3v) is 5.35. The van der Waals surface area contributed by atoms with Crippen LogP contribution in [0.4, 0.5) is 0 Å². The van der Waals surface area contributed by atoms with Crippen LogP contribution in [-0.2, 0) is 15.4 Å². The molecule has 0 radical (unpaired) electrons. The van der Waals surface area contributed by atoms with E-state index in [4.69, 9.17) is 0 Å². The first kappa shape index (κ1) is 18.4. The van der Waals surface area contributed by atoms with Crippen LogP contribution in [0.5, 0.6) is 0 Å². The van der Waals surface area contributed by atoms with Gasteiger partial charge in [0, 0.05) is 6.26 Å². The molecule has 0 spiro atoms. The zero-order valence-electron chi connectivity index (χ0n) is 15.8. The molecule has 0 atom stereocenters. The molecule has 0 N–H and O–H groups in total. The number of benzene rings is 2. The number of sulfone groups is 1. The minimum atomic E-state index is -3.22. The van der Waals surface area contributed by atoms with Gasteiger partial charge in [-0.25, -0.2) is 8.42 Å². The Morgan fingerprint density at radius 1 is 0.885 bits per heavy atom. The van der Waals surface area contributed by atoms with Crippen molar-refractivity contribution in [2.45, 2.75) is 38.1 Å². The van der Waals surface area contributed by atoms with Crippen molar-refractivity contribution in [2.75, 3.05) is 6.26 Å². The summed E-state index contributed by atoms with van der Waals surface area (Å²) in [6.45, 7) is 8.40. The van der Waals surface area contributed by atoms with Crippen molar-refractivity contribution < 1.29 is 8.42 Å². The maximum absolute atomic E-state index is 11.8. The number of aromatic nitrogens is 2. The second-order valence-corrected chi connectivity index (χ2v) is 9.65. The molecule has 0 aliphatic heterocycles. The smallest absolute Gasteiger partial charge is 0.175 e. The standard InChI is InChI=1S/C21H24N2O2S/c1-15-13-20(23(22-15)21(2,3)4)17-11-9-16(10-12-17)18-7-6-8-19(14-18)26(5,24)25/h6-14H,1-5H3. The minimum Gasteiger partial charge on any atom is -0.259 e. The third-order valence-electron chi connectivity index (χ3n) is 4.24. The molecule has 0 aliphatic rings. The summed E-state index contributed by atoms with van der Waals surface area (Å²) in [7, 11) is -3.22. The molecular weight excluding hydrogens is 344 g/mol. The lowest BCUT2D eigenvalue weighted by Gasteiger charge is -2.22. The number of rotatable bonds is 3. The molecule has 4 nitrogen and oxygen atoms in total. The van der Waals surface area contributed by atoms with Gasteiger partial charge in [-0.05, 0) is 62.6 Å². The van der Waals surface area contributed by atoms with Gasteiger partial charge in [0.2, 0.25) is 0 Å². The molecule has 0 bridgehead atoms. The molecule has 0 aliphatic carbocycles. The zero-order valence-corrected chi connectivity index (χ0v) is 16.6. The van der Waals surface area contributed by atoms with E-state index in [1.165, 1.54) is 6.26 Å². The van der Waals surface area contributed by atoms with Crippen molar-refractivity contribution in [1.29, 1.82) is 0 Å². The van der Waals surface area contributed by atoms with Crippen LogP contribution in [0, 0.1) is 6.92 Å². The fraction of sp³-hybridized carbons (Fsp3) is 0.286. The van der Waals surface area contributed by atoms with Crippen molar-refractivity contribution in [3.63, 3.8) is 0 Å². The lowest BCUT2D eigenvalue weighted by molar-refractivity contribution is 0.358. The molecule has 136 valence electrons. The first-order valence-corrected chi connectivity index (χ1v) is 10.4. The van der Waals surface area contributed by atoms with Crippen LogP contribution in [-0.4, -0.2) is 24.5 Å². The monoisotopic (exact) mass is 368 g/mol. The average molecular weight is 369 g/mol. The van der Waals surface area contributed by atoms with E-state index in [1.807, 2.05) is 29.8 Å². The van der Waals surface area contributed by atoms with Gasteiger partial charge in [0.15, 0.2) is 9.84 Å². The van der Waals surface area contributed by atoms with Crippen molar-refractivity contribution in [2.24, 2.45) is 0 Å². The Bertz CT molecular complexity index is 1040. The highest BCUT2D eigenvalue weighted by Crippen LogP contribution is 2.29. The largest absolute Gasteiger partial charge is 0.259 e. The quantitative estimate of drug-likeness (QED) is 0.674. The Labute approximate surface area is 155 Å². The predicted molar refractivity (Wildman–Crippen MR) is 106 cm³/mol. The van der Waals surface area contributed by atoms with E-state index < -0.39 is 9.84 Å². The normalized spacial score (nSPS) is 12.3. The van der Waals surface area contributed by atoms with Gasteiger partial charge >= 0.3 is 0 Å². The fourth-order valence-corrected chi connectivity index (χ4v) is 3.62. The summed E-state index contributed by atoms with van der Waals surface area (Å²) in [6, 6.07) is 17.3. The van der Waals surface area contributed by atoms with Crippen LogP contribution in [0.15, 0.2) is 59.5 Å². The molecule has 5 heteroatoms. The Hall–Kier alpha value is -2.40. The van der Waals surface area contributed by atoms with Gasteiger partial charge in [-0.15, -0.1) is 0 Å². The summed E-state index contributed by atoms with van der Waals surface area (Å²) in [6.07, 6.45) is 1.23. The minimum absolute atomic E-state index is 0.105. The van der Waals surface area contributed by atoms with E-state index in [1.54, 1.807) is 18.2 Å². The van der Waals surface area contributed by atoms with Crippen LogP contribution in [0.25, 0.3) is 22.4 Å². The van der Waals surface area contributed by atoms with E-state index in [9.17, 15) is 8.42 Å². The molecule has 1 heterocycles. The van der Waals surface area contributed by atoms with Gasteiger partial charge in [0.25, 0.3) is 0 Å². The maximum Gasteiger partial charge on any atom is 0.175 e. The topological polar surface area (TPSA) is 52.0 Å². The van der Waals surface area contributed by atoms with Crippen molar-refractivity contribution in [3.8, 4) is 22.4 Å². The summed E-state index contributed by atoms with van der Waals surface area (Å²) in [5.41, 5.74) is 4.92. The second kappa shape index (κ2) is 6.40. The number of nitrogens with zero attached hydrogens (tertiary/aromatic N) is 2. The summed E-state index contributed by atoms with van der Waals surface area (Å²) in [4.78, 5) is 0.334. The third kappa shape index (κ3) is 3.73. The van der Waals surface area contributed by atoms with E-state index in [-0.39, 0.29) is 5.54 Å². The molecule has 3 aromatic rings. The summed E-state index contributed by atoms with van der Waals surface area (Å²) < 4.78 is 25.6. The van der Waals surface area contributed by atoms with Crippen molar-refractivity contribution in [1.82, 2.24) is 9.78 Å². The summed E-state index contributed by atoms with van der Waals surface area (Å²) >= 11 is 0. The van der Waals surface area contributed by atoms with Gasteiger partial charge in [-0.2, -0.15) is 5.10 Å². The van der Waals surface area contributed by atoms with Crippen LogP contribution in [0.1, 0.15) is 26.5 Å². The fourth-order valence-electron chi connectivity index (χ4n) is 2.96. The van der Waals surface area contributed by atoms with E-state index in [2.05, 4.69) is 44.1 Å². The van der Waals surface area contributed by atoms with Gasteiger partial charge < -0.3 is 0 Å². The van der Waals surface area contributed by atoms with E-state index >= 15 is 0 Å². The Balaban J connectivity index is 2.01. The highest BCUT2D eigenvalue weighted by Gasteiger charge is 2.19. The molecule has 2 aromatic carbocycles. The number of hydrogen-bond donors (Lipinski definition) is 0. The molecule has 3 rings (SSSR count). The highest BCUT2D eigenvalue weighted by molar-refractivity contribution is 7.90. The first-order chi connectivity index (χ1) is 12.1. The molecule has 0 amide bonds. The summed E-state index contributed by atoms with van der Waals surface area (Å²) in [5, 5.41) is 4.63. The van der Waals surface area contributed by atoms with Crippen LogP contribution in [0.2, 0.25) is 0 Å². The van der Waals surface area contributed by atoms with Gasteiger partial charge in [0.05, 0.1) is 21.8 Å². The van der Waals surface area contributed by atoms with Gasteiger partial charge in [0.1, 0.15) is 0 Å². The van der Waals surface area contributed by atoms with Crippen LogP contribution >= 0.6 is 0 Å². The molecule has 0 saturated heterocycles. The van der Waals surface area contributed by atoms with Gasteiger partial charge in [-0.1, -0.05) is 36.4 Å². The molecule has 0 fully saturated rings. The molecule has 26 heavy (non-hydrogen) atoms. The zero-order chi connectivity index (χ0) is 19.1. The Morgan fingerprint density at radius 3 is 2.08 bits per heavy atom. The van der Waals surface area contributed by atoms with E-state index in [0.29, 0.717) is 4.90 Å².